The number of aromatic nitrogens is 3. The van der Waals surface area contributed by atoms with Gasteiger partial charge in [-0.3, -0.25) is 4.79 Å². The van der Waals surface area contributed by atoms with Crippen molar-refractivity contribution in [3.8, 4) is 0 Å². The number of aromatic amines is 1. The maximum atomic E-state index is 12.2. The highest BCUT2D eigenvalue weighted by atomic mass is 32.1. The molecule has 92 valence electrons. The Labute approximate surface area is 105 Å². The van der Waals surface area contributed by atoms with Crippen molar-refractivity contribution in [2.24, 2.45) is 5.73 Å². The Hall–Kier alpha value is -1.50. The van der Waals surface area contributed by atoms with Crippen molar-refractivity contribution < 1.29 is 4.79 Å². The zero-order chi connectivity index (χ0) is 12.3. The number of hydrogen-bond acceptors (Lipinski definition) is 4. The van der Waals surface area contributed by atoms with Crippen molar-refractivity contribution in [2.75, 3.05) is 6.54 Å². The van der Waals surface area contributed by atoms with Crippen LogP contribution >= 0.6 is 12.2 Å². The Bertz CT molecular complexity index is 399. The minimum Gasteiger partial charge on any atom is -0.392 e. The van der Waals surface area contributed by atoms with Crippen molar-refractivity contribution >= 4 is 23.1 Å². The van der Waals surface area contributed by atoms with Crippen molar-refractivity contribution in [1.82, 2.24) is 20.3 Å². The average Bonchev–Trinajstić information content (AvgIpc) is 2.96. The Morgan fingerprint density at radius 1 is 1.59 bits per heavy atom. The van der Waals surface area contributed by atoms with Gasteiger partial charge in [-0.05, 0) is 12.8 Å². The van der Waals surface area contributed by atoms with Gasteiger partial charge >= 0.3 is 0 Å². The second kappa shape index (κ2) is 5.22. The lowest BCUT2D eigenvalue weighted by molar-refractivity contribution is 0.0708. The largest absolute Gasteiger partial charge is 0.392 e. The van der Waals surface area contributed by atoms with E-state index >= 15 is 0 Å². The zero-order valence-electron chi connectivity index (χ0n) is 9.43. The Kier molecular flexibility index (Phi) is 3.68. The molecule has 1 fully saturated rings. The van der Waals surface area contributed by atoms with Gasteiger partial charge in [0.15, 0.2) is 5.69 Å². The van der Waals surface area contributed by atoms with Crippen LogP contribution < -0.4 is 5.73 Å². The highest BCUT2D eigenvalue weighted by Crippen LogP contribution is 2.24. The fourth-order valence-corrected chi connectivity index (χ4v) is 2.34. The molecule has 1 saturated carbocycles. The standard InChI is InChI=1S/C10H15N5OS/c11-9(17)6-15(7-3-1-2-4-7)10(16)8-5-12-14-13-8/h5,7H,1-4,6H2,(H2,11,17)(H,12,13,14). The molecule has 3 N–H and O–H groups in total. The third kappa shape index (κ3) is 2.79. The summed E-state index contributed by atoms with van der Waals surface area (Å²) < 4.78 is 0. The number of carbonyl (C=O) groups is 1. The van der Waals surface area contributed by atoms with E-state index in [1.165, 1.54) is 6.20 Å². The van der Waals surface area contributed by atoms with Gasteiger partial charge < -0.3 is 10.6 Å². The van der Waals surface area contributed by atoms with Crippen molar-refractivity contribution in [3.63, 3.8) is 0 Å². The number of nitrogens with two attached hydrogens (primary N) is 1. The zero-order valence-corrected chi connectivity index (χ0v) is 10.2. The minimum absolute atomic E-state index is 0.154. The SMILES string of the molecule is NC(=S)CN(C(=O)c1cn[nH]n1)C1CCCC1. The first-order chi connectivity index (χ1) is 8.18. The lowest BCUT2D eigenvalue weighted by Crippen LogP contribution is -2.43. The summed E-state index contributed by atoms with van der Waals surface area (Å²) in [6.45, 7) is 0.311. The van der Waals surface area contributed by atoms with Crippen molar-refractivity contribution in [2.45, 2.75) is 31.7 Å². The molecule has 1 amide bonds. The van der Waals surface area contributed by atoms with Gasteiger partial charge in [-0.2, -0.15) is 15.4 Å². The number of nitrogens with one attached hydrogen (secondary N) is 1. The fraction of sp³-hybridized carbons (Fsp3) is 0.600. The van der Waals surface area contributed by atoms with E-state index in [0.29, 0.717) is 17.2 Å². The average molecular weight is 253 g/mol. The Balaban J connectivity index is 2.14. The maximum absolute atomic E-state index is 12.2. The molecule has 0 spiro atoms. The van der Waals surface area contributed by atoms with E-state index in [1.54, 1.807) is 4.90 Å². The predicted molar refractivity (Wildman–Crippen MR) is 66.5 cm³/mol. The molecule has 1 aromatic rings. The van der Waals surface area contributed by atoms with E-state index in [9.17, 15) is 4.79 Å². The molecular weight excluding hydrogens is 238 g/mol. The summed E-state index contributed by atoms with van der Waals surface area (Å²) in [5, 5.41) is 9.89. The molecule has 0 bridgehead atoms. The molecule has 0 aromatic carbocycles. The number of amides is 1. The van der Waals surface area contributed by atoms with Crippen LogP contribution in [0.15, 0.2) is 6.20 Å². The number of thiocarbonyl (C=S) groups is 1. The first kappa shape index (κ1) is 12.0. The van der Waals surface area contributed by atoms with Crippen LogP contribution in [0, 0.1) is 0 Å². The van der Waals surface area contributed by atoms with Gasteiger partial charge in [-0.25, -0.2) is 0 Å². The third-order valence-electron chi connectivity index (χ3n) is 2.99. The van der Waals surface area contributed by atoms with E-state index in [4.69, 9.17) is 18.0 Å². The fourth-order valence-electron chi connectivity index (χ4n) is 2.20. The highest BCUT2D eigenvalue weighted by molar-refractivity contribution is 7.80. The molecular formula is C10H15N5OS. The van der Waals surface area contributed by atoms with Crippen LogP contribution in [0.1, 0.15) is 36.2 Å². The summed E-state index contributed by atoms with van der Waals surface area (Å²) in [6, 6.07) is 0.223. The molecule has 7 heteroatoms. The quantitative estimate of drug-likeness (QED) is 0.762. The van der Waals surface area contributed by atoms with Crippen LogP contribution in [-0.2, 0) is 0 Å². The van der Waals surface area contributed by atoms with Gasteiger partial charge in [-0.1, -0.05) is 25.1 Å². The van der Waals surface area contributed by atoms with E-state index in [-0.39, 0.29) is 11.9 Å². The van der Waals surface area contributed by atoms with E-state index in [2.05, 4.69) is 15.4 Å². The molecule has 1 aliphatic carbocycles. The van der Waals surface area contributed by atoms with Gasteiger partial charge in [0.25, 0.3) is 5.91 Å². The van der Waals surface area contributed by atoms with Crippen LogP contribution in [0.25, 0.3) is 0 Å². The van der Waals surface area contributed by atoms with Gasteiger partial charge in [0.05, 0.1) is 17.7 Å². The van der Waals surface area contributed by atoms with E-state index in [1.807, 2.05) is 0 Å². The molecule has 2 rings (SSSR count). The van der Waals surface area contributed by atoms with Crippen LogP contribution in [-0.4, -0.2) is 43.8 Å². The Morgan fingerprint density at radius 3 is 2.82 bits per heavy atom. The summed E-state index contributed by atoms with van der Waals surface area (Å²) in [6.07, 6.45) is 5.72. The molecule has 0 atom stereocenters. The Morgan fingerprint density at radius 2 is 2.29 bits per heavy atom. The highest BCUT2D eigenvalue weighted by Gasteiger charge is 2.28. The number of H-pyrrole nitrogens is 1. The second-order valence-corrected chi connectivity index (χ2v) is 4.72. The van der Waals surface area contributed by atoms with Gasteiger partial charge in [0.2, 0.25) is 0 Å². The number of hydrogen-bond donors (Lipinski definition) is 2. The number of nitrogens with zero attached hydrogens (tertiary/aromatic N) is 3. The van der Waals surface area contributed by atoms with Crippen LogP contribution in [0.2, 0.25) is 0 Å². The third-order valence-corrected chi connectivity index (χ3v) is 3.12. The molecule has 0 aliphatic heterocycles. The van der Waals surface area contributed by atoms with E-state index in [0.717, 1.165) is 25.7 Å². The second-order valence-electron chi connectivity index (χ2n) is 4.19. The lowest BCUT2D eigenvalue weighted by Gasteiger charge is -2.27. The van der Waals surface area contributed by atoms with Gasteiger partial charge in [0, 0.05) is 6.04 Å². The maximum Gasteiger partial charge on any atom is 0.276 e. The molecule has 0 saturated heterocycles. The summed E-state index contributed by atoms with van der Waals surface area (Å²) >= 11 is 4.90. The smallest absolute Gasteiger partial charge is 0.276 e. The van der Waals surface area contributed by atoms with Crippen LogP contribution in [0.5, 0.6) is 0 Å². The minimum atomic E-state index is -0.154. The normalized spacial score (nSPS) is 16.0. The van der Waals surface area contributed by atoms with Crippen LogP contribution in [0.4, 0.5) is 0 Å². The van der Waals surface area contributed by atoms with Crippen molar-refractivity contribution in [1.29, 1.82) is 0 Å². The summed E-state index contributed by atoms with van der Waals surface area (Å²) in [4.78, 5) is 14.3. The molecule has 0 unspecified atom stereocenters. The summed E-state index contributed by atoms with van der Waals surface area (Å²) in [5.41, 5.74) is 5.86. The monoisotopic (exact) mass is 253 g/mol. The molecule has 1 heterocycles. The van der Waals surface area contributed by atoms with Gasteiger partial charge in [-0.15, -0.1) is 0 Å². The first-order valence-corrected chi connectivity index (χ1v) is 6.04. The number of carbonyl (C=O) groups excluding carboxylic acids is 1. The number of rotatable bonds is 4. The van der Waals surface area contributed by atoms with Crippen LogP contribution in [0.3, 0.4) is 0 Å². The molecule has 1 aromatic heterocycles. The molecule has 0 radical (unpaired) electrons. The predicted octanol–water partition coefficient (Wildman–Crippen LogP) is 0.476. The van der Waals surface area contributed by atoms with Crippen molar-refractivity contribution in [3.05, 3.63) is 11.9 Å². The van der Waals surface area contributed by atoms with E-state index < -0.39 is 0 Å². The van der Waals surface area contributed by atoms with Gasteiger partial charge in [0.1, 0.15) is 0 Å². The molecule has 6 nitrogen and oxygen atoms in total. The molecule has 1 aliphatic rings. The topological polar surface area (TPSA) is 87.9 Å². The lowest BCUT2D eigenvalue weighted by atomic mass is 10.2. The molecule has 17 heavy (non-hydrogen) atoms. The summed E-state index contributed by atoms with van der Waals surface area (Å²) in [7, 11) is 0. The summed E-state index contributed by atoms with van der Waals surface area (Å²) in [5.74, 6) is -0.154. The first-order valence-electron chi connectivity index (χ1n) is 5.63.